The van der Waals surface area contributed by atoms with Crippen LogP contribution in [0.2, 0.25) is 0 Å². The van der Waals surface area contributed by atoms with Crippen molar-refractivity contribution in [3.8, 4) is 17.1 Å². The molecule has 1 aliphatic heterocycles. The highest BCUT2D eigenvalue weighted by atomic mass is 32.2. The Morgan fingerprint density at radius 2 is 1.94 bits per heavy atom. The Labute approximate surface area is 200 Å². The predicted octanol–water partition coefficient (Wildman–Crippen LogP) is 3.99. The molecule has 1 fully saturated rings. The van der Waals surface area contributed by atoms with Gasteiger partial charge in [-0.25, -0.2) is 13.5 Å². The minimum atomic E-state index is -1.25. The number of hydrogen-bond donors (Lipinski definition) is 2. The Bertz CT molecular complexity index is 1250. The van der Waals surface area contributed by atoms with Gasteiger partial charge in [0, 0.05) is 41.2 Å². The third-order valence-corrected chi connectivity index (χ3v) is 6.98. The predicted molar refractivity (Wildman–Crippen MR) is 132 cm³/mol. The van der Waals surface area contributed by atoms with Gasteiger partial charge in [-0.05, 0) is 56.4 Å². The van der Waals surface area contributed by atoms with Crippen LogP contribution in [0.3, 0.4) is 0 Å². The van der Waals surface area contributed by atoms with Crippen molar-refractivity contribution >= 4 is 29.0 Å². The van der Waals surface area contributed by atoms with E-state index in [1.807, 2.05) is 44.2 Å². The molecule has 0 amide bonds. The number of nitrogens with zero attached hydrogens (tertiary/aromatic N) is 4. The summed E-state index contributed by atoms with van der Waals surface area (Å²) in [6, 6.07) is 13.4. The number of thioether (sulfide) groups is 1. The number of rotatable bonds is 4. The van der Waals surface area contributed by atoms with E-state index in [2.05, 4.69) is 22.4 Å². The molecule has 4 aromatic rings. The molecule has 1 aliphatic rings. The maximum absolute atomic E-state index is 13.6. The van der Waals surface area contributed by atoms with Gasteiger partial charge < -0.3 is 10.4 Å². The number of aryl methyl sites for hydroxylation is 1. The summed E-state index contributed by atoms with van der Waals surface area (Å²) in [4.78, 5) is 11.1. The van der Waals surface area contributed by atoms with Crippen molar-refractivity contribution < 1.29 is 18.7 Å². The summed E-state index contributed by atoms with van der Waals surface area (Å²) in [5.74, 6) is 2.23. The van der Waals surface area contributed by atoms with Crippen LogP contribution in [0.1, 0.15) is 17.3 Å². The van der Waals surface area contributed by atoms with Gasteiger partial charge in [0.1, 0.15) is 23.5 Å². The number of carbonyl (C=O) groups is 1. The zero-order valence-electron chi connectivity index (χ0n) is 19.2. The third-order valence-electron chi connectivity index (χ3n) is 5.29. The number of fused-ring (bicyclic) bond motifs is 1. The monoisotopic (exact) mass is 487 g/mol. The molecule has 2 aromatic carbocycles. The number of aromatic nitrogens is 4. The molecular formula is C24H27F2N5O2S. The highest BCUT2D eigenvalue weighted by molar-refractivity contribution is 8.00. The summed E-state index contributed by atoms with van der Waals surface area (Å²) in [5.41, 5.74) is 3.77. The summed E-state index contributed by atoms with van der Waals surface area (Å²) in [6.07, 6.45) is 2.62. The molecule has 2 N–H and O–H groups in total. The smallest absolute Gasteiger partial charge is 0.185 e. The minimum absolute atomic E-state index is 0.333. The van der Waals surface area contributed by atoms with Crippen LogP contribution in [0.25, 0.3) is 28.0 Å². The Balaban J connectivity index is 0.000000272. The van der Waals surface area contributed by atoms with Crippen molar-refractivity contribution in [1.29, 1.82) is 0 Å². The van der Waals surface area contributed by atoms with Crippen LogP contribution in [-0.4, -0.2) is 61.9 Å². The van der Waals surface area contributed by atoms with E-state index in [9.17, 15) is 13.6 Å². The second-order valence-electron chi connectivity index (χ2n) is 7.93. The van der Waals surface area contributed by atoms with E-state index in [0.29, 0.717) is 28.2 Å². The molecule has 0 spiro atoms. The van der Waals surface area contributed by atoms with Crippen molar-refractivity contribution in [3.05, 3.63) is 66.1 Å². The summed E-state index contributed by atoms with van der Waals surface area (Å²) in [6.45, 7) is 1.00. The van der Waals surface area contributed by atoms with Crippen LogP contribution >= 0.6 is 11.8 Å². The molecule has 180 valence electrons. The first-order valence-electron chi connectivity index (χ1n) is 10.5. The molecule has 0 saturated carbocycles. The van der Waals surface area contributed by atoms with E-state index < -0.39 is 6.86 Å². The van der Waals surface area contributed by atoms with Gasteiger partial charge >= 0.3 is 0 Å². The highest BCUT2D eigenvalue weighted by Crippen LogP contribution is 2.30. The summed E-state index contributed by atoms with van der Waals surface area (Å²) < 4.78 is 26.8. The van der Waals surface area contributed by atoms with Gasteiger partial charge in [-0.1, -0.05) is 6.07 Å². The number of aliphatic hydroxyl groups excluding tert-OH is 1. The van der Waals surface area contributed by atoms with Crippen molar-refractivity contribution in [2.75, 3.05) is 25.4 Å². The Kier molecular flexibility index (Phi) is 8.54. The first kappa shape index (κ1) is 25.5. The van der Waals surface area contributed by atoms with Gasteiger partial charge in [-0.15, -0.1) is 0 Å². The molecule has 7 nitrogen and oxygen atoms in total. The largest absolute Gasteiger partial charge is 0.366 e. The molecule has 0 unspecified atom stereocenters. The molecule has 3 heterocycles. The van der Waals surface area contributed by atoms with Crippen LogP contribution in [-0.2, 0) is 7.05 Å². The fraction of sp³-hybridized carbons (Fsp3) is 0.292. The van der Waals surface area contributed by atoms with Crippen molar-refractivity contribution in [3.63, 3.8) is 0 Å². The van der Waals surface area contributed by atoms with E-state index in [-0.39, 0.29) is 5.82 Å². The number of aliphatic hydroxyl groups is 1. The number of alkyl halides is 1. The topological polar surface area (TPSA) is 85.0 Å². The molecule has 0 radical (unpaired) electrons. The normalized spacial score (nSPS) is 13.8. The van der Waals surface area contributed by atoms with E-state index in [1.54, 1.807) is 33.6 Å². The number of benzene rings is 2. The lowest BCUT2D eigenvalue weighted by Gasteiger charge is -2.37. The van der Waals surface area contributed by atoms with Crippen molar-refractivity contribution in [2.24, 2.45) is 7.05 Å². The lowest BCUT2D eigenvalue weighted by Crippen LogP contribution is -2.51. The molecule has 0 aliphatic carbocycles. The van der Waals surface area contributed by atoms with E-state index in [1.165, 1.54) is 23.6 Å². The van der Waals surface area contributed by atoms with Gasteiger partial charge in [0.05, 0.1) is 11.2 Å². The minimum Gasteiger partial charge on any atom is -0.366 e. The maximum atomic E-state index is 13.6. The number of halogens is 2. The zero-order chi connectivity index (χ0) is 24.7. The fourth-order valence-electron chi connectivity index (χ4n) is 3.30. The Morgan fingerprint density at radius 3 is 2.44 bits per heavy atom. The fourth-order valence-corrected chi connectivity index (χ4v) is 4.40. The zero-order valence-corrected chi connectivity index (χ0v) is 20.0. The molecule has 5 rings (SSSR count). The second kappa shape index (κ2) is 11.4. The Hall–Kier alpha value is -3.08. The quantitative estimate of drug-likeness (QED) is 0.424. The number of nitrogens with one attached hydrogen (secondary N) is 1. The van der Waals surface area contributed by atoms with Crippen molar-refractivity contribution in [1.82, 2.24) is 24.9 Å². The van der Waals surface area contributed by atoms with Crippen molar-refractivity contribution in [2.45, 2.75) is 12.5 Å². The third kappa shape index (κ3) is 5.88. The molecule has 10 heteroatoms. The summed E-state index contributed by atoms with van der Waals surface area (Å²) in [5, 5.41) is 20.0. The molecule has 1 saturated heterocycles. The summed E-state index contributed by atoms with van der Waals surface area (Å²) in [7, 11) is 3.85. The average molecular weight is 488 g/mol. The number of aldehydes is 1. The van der Waals surface area contributed by atoms with Gasteiger partial charge in [0.15, 0.2) is 6.86 Å². The van der Waals surface area contributed by atoms with Gasteiger partial charge in [0.2, 0.25) is 0 Å². The second-order valence-corrected chi connectivity index (χ2v) is 8.92. The first-order chi connectivity index (χ1) is 16.3. The van der Waals surface area contributed by atoms with Crippen LogP contribution in [0.15, 0.2) is 54.7 Å². The first-order valence-corrected chi connectivity index (χ1v) is 11.7. The van der Waals surface area contributed by atoms with Gasteiger partial charge in [-0.2, -0.15) is 22.0 Å². The molecular weight excluding hydrogens is 460 g/mol. The highest BCUT2D eigenvalue weighted by Gasteiger charge is 2.29. The number of carbonyl (C=O) groups excluding carboxylic acids is 1. The van der Waals surface area contributed by atoms with Crippen LogP contribution < -0.4 is 5.32 Å². The number of hydrogen-bond acceptors (Lipinski definition) is 6. The molecule has 0 atom stereocenters. The van der Waals surface area contributed by atoms with Crippen LogP contribution in [0.4, 0.5) is 8.78 Å². The van der Waals surface area contributed by atoms with E-state index in [4.69, 9.17) is 5.11 Å². The molecule has 0 bridgehead atoms. The SMILES string of the molecule is CNC1(C)CSC1.Cn1ccc(-c2nn(-c3cccc(F)c3)c3ccc(C=O)cc23)n1.OCF. The lowest BCUT2D eigenvalue weighted by molar-refractivity contribution is 0.112. The van der Waals surface area contributed by atoms with Crippen LogP contribution in [0.5, 0.6) is 0 Å². The summed E-state index contributed by atoms with van der Waals surface area (Å²) >= 11 is 2.01. The van der Waals surface area contributed by atoms with Gasteiger partial charge in [0.25, 0.3) is 0 Å². The van der Waals surface area contributed by atoms with Gasteiger partial charge in [-0.3, -0.25) is 9.48 Å². The lowest BCUT2D eigenvalue weighted by atomic mass is 10.1. The van der Waals surface area contributed by atoms with E-state index in [0.717, 1.165) is 17.2 Å². The maximum Gasteiger partial charge on any atom is 0.185 e. The average Bonchev–Trinajstić information content (AvgIpc) is 3.41. The van der Waals surface area contributed by atoms with Crippen LogP contribution in [0, 0.1) is 5.82 Å². The van der Waals surface area contributed by atoms with E-state index >= 15 is 0 Å². The Morgan fingerprint density at radius 1 is 1.21 bits per heavy atom. The molecule has 2 aromatic heterocycles. The molecule has 34 heavy (non-hydrogen) atoms. The standard InChI is InChI=1S/C18H13FN4O.C5H11NS.CH3FO/c1-22-8-7-16(20-22)18-15-9-12(11-24)5-6-17(15)23(21-18)14-4-2-3-13(19)10-14;1-5(6-2)3-7-4-5;2-1-3/h2-11H,1H3;6H,3-4H2,1-2H3;3H,1H2.